The van der Waals surface area contributed by atoms with E-state index in [4.69, 9.17) is 23.2 Å². The second kappa shape index (κ2) is 10.4. The van der Waals surface area contributed by atoms with Gasteiger partial charge >= 0.3 is 11.9 Å². The van der Waals surface area contributed by atoms with Crippen molar-refractivity contribution in [2.45, 2.75) is 44.4 Å². The molecule has 1 aliphatic rings. The van der Waals surface area contributed by atoms with Gasteiger partial charge in [0.25, 0.3) is 5.91 Å². The maximum absolute atomic E-state index is 13.5. The number of pyridine rings is 2. The molecular weight excluding hydrogens is 542 g/mol. The third-order valence-electron chi connectivity index (χ3n) is 6.77. The van der Waals surface area contributed by atoms with Gasteiger partial charge in [0.1, 0.15) is 0 Å². The normalized spacial score (nSPS) is 18.0. The fraction of sp³-hybridized carbons (Fsp3) is 0.308. The van der Waals surface area contributed by atoms with Gasteiger partial charge in [-0.15, -0.1) is 0 Å². The van der Waals surface area contributed by atoms with Crippen molar-refractivity contribution in [2.24, 2.45) is 5.92 Å². The minimum Gasteiger partial charge on any atom is -0.349 e. The Kier molecular flexibility index (Phi) is 7.19. The van der Waals surface area contributed by atoms with Gasteiger partial charge < -0.3 is 5.32 Å². The fourth-order valence-electron chi connectivity index (χ4n) is 4.96. The number of benzene rings is 1. The van der Waals surface area contributed by atoms with Crippen molar-refractivity contribution in [2.75, 3.05) is 0 Å². The smallest absolute Gasteiger partial charge is 0.349 e. The van der Waals surface area contributed by atoms with Crippen LogP contribution in [0, 0.1) is 5.92 Å². The molecule has 0 radical (unpaired) electrons. The Labute approximate surface area is 225 Å². The quantitative estimate of drug-likeness (QED) is 0.328. The zero-order valence-electron chi connectivity index (χ0n) is 19.9. The van der Waals surface area contributed by atoms with Crippen LogP contribution in [0.4, 0.5) is 13.2 Å². The largest absolute Gasteiger partial charge is 0.434 e. The van der Waals surface area contributed by atoms with Gasteiger partial charge in [-0.1, -0.05) is 35.3 Å². The summed E-state index contributed by atoms with van der Waals surface area (Å²) in [7, 11) is 0. The summed E-state index contributed by atoms with van der Waals surface area (Å²) in [6, 6.07) is 11.3. The van der Waals surface area contributed by atoms with E-state index in [1.807, 2.05) is 6.07 Å². The second-order valence-corrected chi connectivity index (χ2v) is 10.1. The summed E-state index contributed by atoms with van der Waals surface area (Å²) < 4.78 is 43.2. The third kappa shape index (κ3) is 5.15. The van der Waals surface area contributed by atoms with Crippen molar-refractivity contribution < 1.29 is 18.0 Å². The van der Waals surface area contributed by atoms with E-state index in [0.717, 1.165) is 12.3 Å². The van der Waals surface area contributed by atoms with E-state index in [1.165, 1.54) is 0 Å². The summed E-state index contributed by atoms with van der Waals surface area (Å²) in [6.07, 6.45) is 0.160. The molecule has 0 saturated heterocycles. The number of nitrogens with one attached hydrogen (secondary N) is 1. The number of aromatic nitrogens is 4. The van der Waals surface area contributed by atoms with Crippen LogP contribution < -0.4 is 11.0 Å². The number of amides is 1. The van der Waals surface area contributed by atoms with Crippen molar-refractivity contribution in [3.05, 3.63) is 86.6 Å². The average molecular weight is 564 g/mol. The molecule has 1 amide bonds. The first kappa shape index (κ1) is 26.2. The van der Waals surface area contributed by atoms with E-state index in [0.29, 0.717) is 54.1 Å². The van der Waals surface area contributed by atoms with Crippen molar-refractivity contribution in [3.63, 3.8) is 0 Å². The molecule has 0 aliphatic heterocycles. The molecule has 3 aromatic heterocycles. The number of fused-ring (bicyclic) bond motifs is 1. The molecule has 7 nitrogen and oxygen atoms in total. The molecule has 38 heavy (non-hydrogen) atoms. The summed E-state index contributed by atoms with van der Waals surface area (Å²) in [5, 5.41) is 3.08. The first-order valence-corrected chi connectivity index (χ1v) is 12.7. The Morgan fingerprint density at radius 2 is 1.79 bits per heavy atom. The maximum atomic E-state index is 13.5. The number of rotatable bonds is 5. The molecule has 1 saturated carbocycles. The summed E-state index contributed by atoms with van der Waals surface area (Å²) >= 11 is 12.2. The van der Waals surface area contributed by atoms with Crippen LogP contribution in [-0.4, -0.2) is 31.1 Å². The molecule has 0 unspecified atom stereocenters. The second-order valence-electron chi connectivity index (χ2n) is 9.26. The van der Waals surface area contributed by atoms with E-state index in [2.05, 4.69) is 15.3 Å². The van der Waals surface area contributed by atoms with Crippen molar-refractivity contribution >= 4 is 40.3 Å². The van der Waals surface area contributed by atoms with Gasteiger partial charge in [0.05, 0.1) is 26.8 Å². The summed E-state index contributed by atoms with van der Waals surface area (Å²) in [4.78, 5) is 33.9. The first-order valence-electron chi connectivity index (χ1n) is 12.0. The van der Waals surface area contributed by atoms with Crippen LogP contribution in [0.25, 0.3) is 16.9 Å². The Hall–Kier alpha value is -3.37. The molecule has 1 aliphatic carbocycles. The topological polar surface area (TPSA) is 81.8 Å². The fourth-order valence-corrected chi connectivity index (χ4v) is 5.34. The zero-order valence-corrected chi connectivity index (χ0v) is 21.4. The summed E-state index contributed by atoms with van der Waals surface area (Å²) in [6.45, 7) is 0.418. The molecule has 5 rings (SSSR count). The van der Waals surface area contributed by atoms with Crippen molar-refractivity contribution in [1.82, 2.24) is 24.4 Å². The molecule has 0 atom stereocenters. The Balaban J connectivity index is 1.31. The van der Waals surface area contributed by atoms with Crippen LogP contribution in [0.3, 0.4) is 0 Å². The van der Waals surface area contributed by atoms with Crippen LogP contribution in [0.15, 0.2) is 59.7 Å². The van der Waals surface area contributed by atoms with E-state index in [-0.39, 0.29) is 22.7 Å². The van der Waals surface area contributed by atoms with Gasteiger partial charge in [-0.2, -0.15) is 13.2 Å². The number of nitrogens with zero attached hydrogens (tertiary/aromatic N) is 4. The van der Waals surface area contributed by atoms with Crippen LogP contribution in [-0.2, 0) is 12.7 Å². The van der Waals surface area contributed by atoms with Gasteiger partial charge in [-0.05, 0) is 61.9 Å². The number of alkyl halides is 3. The van der Waals surface area contributed by atoms with Crippen LogP contribution in [0.1, 0.15) is 41.7 Å². The number of halogens is 5. The summed E-state index contributed by atoms with van der Waals surface area (Å²) in [5.41, 5.74) is -0.374. The summed E-state index contributed by atoms with van der Waals surface area (Å²) in [5.74, 6) is -0.745. The lowest BCUT2D eigenvalue weighted by Gasteiger charge is -2.29. The standard InChI is InChI=1S/C26H22Cl2F3N5O2/c27-16-12-18(22(33-13-16)26(29,30)31)24(37)34-17-9-7-15(8-10-17)14-35-23-21(6-3-11-32-23)36(25(35)38)20-5-2-1-4-19(20)28/h1-6,11-13,15,17H,7-10,14H2,(H,34,37)/t15-,17-. The van der Waals surface area contributed by atoms with Crippen molar-refractivity contribution in [1.29, 1.82) is 0 Å². The van der Waals surface area contributed by atoms with E-state index >= 15 is 0 Å². The molecule has 0 spiro atoms. The molecule has 198 valence electrons. The average Bonchev–Trinajstić information content (AvgIpc) is 3.15. The van der Waals surface area contributed by atoms with E-state index in [1.54, 1.807) is 45.7 Å². The molecule has 1 aromatic carbocycles. The lowest BCUT2D eigenvalue weighted by Crippen LogP contribution is -2.39. The van der Waals surface area contributed by atoms with Gasteiger partial charge in [0, 0.05) is 25.0 Å². The Bertz CT molecular complexity index is 1560. The van der Waals surface area contributed by atoms with Crippen LogP contribution in [0.5, 0.6) is 0 Å². The highest BCUT2D eigenvalue weighted by atomic mass is 35.5. The molecule has 3 heterocycles. The van der Waals surface area contributed by atoms with Crippen LogP contribution >= 0.6 is 23.2 Å². The number of para-hydroxylation sites is 1. The molecule has 4 aromatic rings. The molecular formula is C26H22Cl2F3N5O2. The minimum atomic E-state index is -4.78. The molecule has 0 bridgehead atoms. The Morgan fingerprint density at radius 3 is 2.50 bits per heavy atom. The van der Waals surface area contributed by atoms with Gasteiger partial charge in [0.15, 0.2) is 11.3 Å². The lowest BCUT2D eigenvalue weighted by atomic mass is 9.85. The molecule has 12 heteroatoms. The Morgan fingerprint density at radius 1 is 1.05 bits per heavy atom. The number of imidazole rings is 1. The number of hydrogen-bond donors (Lipinski definition) is 1. The van der Waals surface area contributed by atoms with Crippen LogP contribution in [0.2, 0.25) is 10.0 Å². The molecule has 1 fully saturated rings. The molecule has 1 N–H and O–H groups in total. The van der Waals surface area contributed by atoms with Gasteiger partial charge in [-0.3, -0.25) is 13.9 Å². The predicted molar refractivity (Wildman–Crippen MR) is 138 cm³/mol. The monoisotopic (exact) mass is 563 g/mol. The SMILES string of the molecule is O=C(N[C@H]1CC[C@H](Cn2c(=O)n(-c3ccccc3Cl)c3cccnc32)CC1)c1cc(Cl)cnc1C(F)(F)F. The first-order chi connectivity index (χ1) is 18.1. The highest BCUT2D eigenvalue weighted by Crippen LogP contribution is 2.32. The zero-order chi connectivity index (χ0) is 27.0. The van der Waals surface area contributed by atoms with Gasteiger partial charge in [-0.25, -0.2) is 14.8 Å². The van der Waals surface area contributed by atoms with Crippen molar-refractivity contribution in [3.8, 4) is 5.69 Å². The lowest BCUT2D eigenvalue weighted by molar-refractivity contribution is -0.141. The van der Waals surface area contributed by atoms with Gasteiger partial charge in [0.2, 0.25) is 0 Å². The highest BCUT2D eigenvalue weighted by molar-refractivity contribution is 6.32. The van der Waals surface area contributed by atoms with E-state index < -0.39 is 23.3 Å². The number of hydrogen-bond acceptors (Lipinski definition) is 4. The minimum absolute atomic E-state index is 0.0538. The third-order valence-corrected chi connectivity index (χ3v) is 7.29. The predicted octanol–water partition coefficient (Wildman–Crippen LogP) is 5.90. The number of carbonyl (C=O) groups is 1. The maximum Gasteiger partial charge on any atom is 0.434 e. The highest BCUT2D eigenvalue weighted by Gasteiger charge is 2.38. The van der Waals surface area contributed by atoms with E-state index in [9.17, 15) is 22.8 Å². The number of carbonyl (C=O) groups excluding carboxylic acids is 1.